The summed E-state index contributed by atoms with van der Waals surface area (Å²) in [7, 11) is 1.57. The minimum absolute atomic E-state index is 0.103. The van der Waals surface area contributed by atoms with E-state index in [1.165, 1.54) is 16.7 Å². The summed E-state index contributed by atoms with van der Waals surface area (Å²) in [5, 5.41) is 0. The molecule has 1 amide bonds. The monoisotopic (exact) mass is 535 g/mol. The third-order valence-electron chi connectivity index (χ3n) is 4.49. The maximum atomic E-state index is 12.7. The van der Waals surface area contributed by atoms with Gasteiger partial charge < -0.3 is 14.2 Å². The Balaban J connectivity index is 1.69. The molecule has 2 aromatic rings. The molecule has 0 radical (unpaired) electrons. The zero-order chi connectivity index (χ0) is 23.1. The van der Waals surface area contributed by atoms with Gasteiger partial charge in [0.25, 0.3) is 5.91 Å². The van der Waals surface area contributed by atoms with E-state index in [1.54, 1.807) is 26.2 Å². The highest BCUT2D eigenvalue weighted by atomic mass is 79.9. The number of amides is 1. The molecule has 0 unspecified atom stereocenters. The van der Waals surface area contributed by atoms with Crippen molar-refractivity contribution < 1.29 is 23.8 Å². The van der Waals surface area contributed by atoms with Crippen LogP contribution in [0.2, 0.25) is 0 Å². The quantitative estimate of drug-likeness (QED) is 0.248. The fourth-order valence-corrected chi connectivity index (χ4v) is 4.72. The van der Waals surface area contributed by atoms with Crippen LogP contribution in [0.3, 0.4) is 0 Å². The molecule has 1 saturated heterocycles. The van der Waals surface area contributed by atoms with Gasteiger partial charge in [0.1, 0.15) is 10.9 Å². The predicted molar refractivity (Wildman–Crippen MR) is 133 cm³/mol. The SMILES string of the molecule is CCOC(=O)CCN1C(=O)/C(=C\c2ccc(OCc3cccc(Br)c3)c(OC)c2)SC1=S. The van der Waals surface area contributed by atoms with Crippen LogP contribution in [0.4, 0.5) is 0 Å². The second kappa shape index (κ2) is 11.5. The van der Waals surface area contributed by atoms with Gasteiger partial charge in [-0.05, 0) is 48.4 Å². The van der Waals surface area contributed by atoms with Crippen molar-refractivity contribution in [3.05, 3.63) is 63.0 Å². The fourth-order valence-electron chi connectivity index (χ4n) is 2.96. The number of esters is 1. The molecule has 1 aliphatic heterocycles. The van der Waals surface area contributed by atoms with Crippen LogP contribution < -0.4 is 9.47 Å². The second-order valence-corrected chi connectivity index (χ2v) is 9.31. The topological polar surface area (TPSA) is 65.1 Å². The predicted octanol–water partition coefficient (Wildman–Crippen LogP) is 5.19. The maximum absolute atomic E-state index is 12.7. The summed E-state index contributed by atoms with van der Waals surface area (Å²) in [6.45, 7) is 2.65. The maximum Gasteiger partial charge on any atom is 0.307 e. The second-order valence-electron chi connectivity index (χ2n) is 6.72. The molecule has 32 heavy (non-hydrogen) atoms. The molecule has 6 nitrogen and oxygen atoms in total. The van der Waals surface area contributed by atoms with E-state index in [9.17, 15) is 9.59 Å². The van der Waals surface area contributed by atoms with Crippen LogP contribution in [-0.4, -0.2) is 41.4 Å². The number of benzene rings is 2. The summed E-state index contributed by atoms with van der Waals surface area (Å²) in [4.78, 5) is 26.2. The van der Waals surface area contributed by atoms with Crippen LogP contribution in [-0.2, 0) is 20.9 Å². The van der Waals surface area contributed by atoms with Crippen LogP contribution in [0.25, 0.3) is 6.08 Å². The van der Waals surface area contributed by atoms with E-state index < -0.39 is 0 Å². The number of thiocarbonyl (C=S) groups is 1. The molecule has 0 N–H and O–H groups in total. The van der Waals surface area contributed by atoms with Crippen LogP contribution in [0.15, 0.2) is 51.8 Å². The van der Waals surface area contributed by atoms with Crippen molar-refractivity contribution in [1.29, 1.82) is 0 Å². The summed E-state index contributed by atoms with van der Waals surface area (Å²) in [6, 6.07) is 13.3. The smallest absolute Gasteiger partial charge is 0.307 e. The lowest BCUT2D eigenvalue weighted by molar-refractivity contribution is -0.143. The van der Waals surface area contributed by atoms with Gasteiger partial charge in [0.2, 0.25) is 0 Å². The van der Waals surface area contributed by atoms with E-state index in [0.717, 1.165) is 15.6 Å². The van der Waals surface area contributed by atoms with Gasteiger partial charge in [-0.25, -0.2) is 0 Å². The van der Waals surface area contributed by atoms with E-state index in [2.05, 4.69) is 15.9 Å². The zero-order valence-electron chi connectivity index (χ0n) is 17.6. The lowest BCUT2D eigenvalue weighted by Crippen LogP contribution is -2.30. The van der Waals surface area contributed by atoms with Crippen molar-refractivity contribution in [3.8, 4) is 11.5 Å². The summed E-state index contributed by atoms with van der Waals surface area (Å²) in [5.74, 6) is 0.588. The number of nitrogens with zero attached hydrogens (tertiary/aromatic N) is 1. The standard InChI is InChI=1S/C23H22BrNO5S2/c1-3-29-21(26)9-10-25-22(27)20(32-23(25)31)13-15-7-8-18(19(12-15)28-2)30-14-16-5-4-6-17(24)11-16/h4-8,11-13H,3,9-10,14H2,1-2H3/b20-13+. The molecule has 168 valence electrons. The Kier molecular flexibility index (Phi) is 8.72. The van der Waals surface area contributed by atoms with Gasteiger partial charge in [-0.3, -0.25) is 14.5 Å². The Morgan fingerprint density at radius 3 is 2.75 bits per heavy atom. The van der Waals surface area contributed by atoms with Crippen molar-refractivity contribution in [2.75, 3.05) is 20.3 Å². The molecule has 9 heteroatoms. The number of hydrogen-bond acceptors (Lipinski definition) is 7. The third-order valence-corrected chi connectivity index (χ3v) is 6.36. The fraction of sp³-hybridized carbons (Fsp3) is 0.261. The van der Waals surface area contributed by atoms with Crippen LogP contribution >= 0.6 is 39.9 Å². The first kappa shape index (κ1) is 24.3. The first-order valence-corrected chi connectivity index (χ1v) is 11.9. The number of thioether (sulfide) groups is 1. The van der Waals surface area contributed by atoms with Crippen molar-refractivity contribution in [3.63, 3.8) is 0 Å². The van der Waals surface area contributed by atoms with Gasteiger partial charge in [-0.1, -0.05) is 58.1 Å². The van der Waals surface area contributed by atoms with E-state index in [1.807, 2.05) is 36.4 Å². The van der Waals surface area contributed by atoms with Gasteiger partial charge in [-0.15, -0.1) is 0 Å². The first-order chi connectivity index (χ1) is 15.4. The summed E-state index contributed by atoms with van der Waals surface area (Å²) in [5.41, 5.74) is 1.81. The third kappa shape index (κ3) is 6.34. The molecular formula is C23H22BrNO5S2. The Hall–Kier alpha value is -2.36. The Bertz CT molecular complexity index is 1060. The average Bonchev–Trinajstić information content (AvgIpc) is 3.03. The summed E-state index contributed by atoms with van der Waals surface area (Å²) in [6.07, 6.45) is 1.86. The molecule has 1 heterocycles. The molecule has 0 saturated carbocycles. The molecular weight excluding hydrogens is 514 g/mol. The van der Waals surface area contributed by atoms with E-state index in [-0.39, 0.29) is 24.8 Å². The Morgan fingerprint density at radius 1 is 1.22 bits per heavy atom. The number of methoxy groups -OCH3 is 1. The first-order valence-electron chi connectivity index (χ1n) is 9.87. The molecule has 0 aromatic heterocycles. The lowest BCUT2D eigenvalue weighted by Gasteiger charge is -2.13. The molecule has 0 bridgehead atoms. The van der Waals surface area contributed by atoms with Gasteiger partial charge in [0.05, 0.1) is 25.0 Å². The Morgan fingerprint density at radius 2 is 2.03 bits per heavy atom. The van der Waals surface area contributed by atoms with Crippen molar-refractivity contribution in [2.45, 2.75) is 20.0 Å². The highest BCUT2D eigenvalue weighted by Crippen LogP contribution is 2.35. The number of rotatable bonds is 9. The molecule has 0 spiro atoms. The molecule has 0 aliphatic carbocycles. The number of halogens is 1. The molecule has 1 fully saturated rings. The largest absolute Gasteiger partial charge is 0.493 e. The summed E-state index contributed by atoms with van der Waals surface area (Å²) >= 11 is 9.98. The van der Waals surface area contributed by atoms with Gasteiger partial charge in [0.15, 0.2) is 11.5 Å². The Labute approximate surface area is 205 Å². The summed E-state index contributed by atoms with van der Waals surface area (Å²) < 4.78 is 17.7. The van der Waals surface area contributed by atoms with Crippen molar-refractivity contribution >= 4 is 62.2 Å². The average molecular weight is 536 g/mol. The highest BCUT2D eigenvalue weighted by molar-refractivity contribution is 9.10. The van der Waals surface area contributed by atoms with Gasteiger partial charge >= 0.3 is 5.97 Å². The molecule has 1 aliphatic rings. The van der Waals surface area contributed by atoms with Gasteiger partial charge in [-0.2, -0.15) is 0 Å². The minimum Gasteiger partial charge on any atom is -0.493 e. The normalized spacial score (nSPS) is 14.7. The lowest BCUT2D eigenvalue weighted by atomic mass is 10.1. The van der Waals surface area contributed by atoms with Crippen molar-refractivity contribution in [2.24, 2.45) is 0 Å². The number of hydrogen-bond donors (Lipinski definition) is 0. The number of carbonyl (C=O) groups is 2. The minimum atomic E-state index is -0.353. The van der Waals surface area contributed by atoms with Crippen LogP contribution in [0.1, 0.15) is 24.5 Å². The van der Waals surface area contributed by atoms with E-state index in [4.69, 9.17) is 26.4 Å². The molecule has 2 aromatic carbocycles. The van der Waals surface area contributed by atoms with E-state index >= 15 is 0 Å². The molecule has 0 atom stereocenters. The van der Waals surface area contributed by atoms with Crippen LogP contribution in [0.5, 0.6) is 11.5 Å². The highest BCUT2D eigenvalue weighted by Gasteiger charge is 2.32. The van der Waals surface area contributed by atoms with Gasteiger partial charge in [0, 0.05) is 11.0 Å². The zero-order valence-corrected chi connectivity index (χ0v) is 20.8. The number of ether oxygens (including phenoxy) is 3. The number of carbonyl (C=O) groups excluding carboxylic acids is 2. The van der Waals surface area contributed by atoms with Crippen LogP contribution in [0, 0.1) is 0 Å². The van der Waals surface area contributed by atoms with Crippen molar-refractivity contribution in [1.82, 2.24) is 4.90 Å². The van der Waals surface area contributed by atoms with E-state index in [0.29, 0.717) is 33.9 Å². The molecule has 3 rings (SSSR count).